The van der Waals surface area contributed by atoms with Crippen LogP contribution in [0.4, 0.5) is 8.78 Å². The standard InChI is InChI=1S/C14H12ClF2N3O3S/c15-12-5-11(1-2-13(12)17)24(21,22)20-4-3-10(8-20)23-14-18-6-9(16)7-19-14/h1-2,5-7,10H,3-4,8H2/t10-/m1/s1. The van der Waals surface area contributed by atoms with Crippen LogP contribution in [0.1, 0.15) is 6.42 Å². The Morgan fingerprint density at radius 1 is 1.25 bits per heavy atom. The van der Waals surface area contributed by atoms with E-state index in [1.165, 1.54) is 4.31 Å². The van der Waals surface area contributed by atoms with Gasteiger partial charge in [0, 0.05) is 6.54 Å². The van der Waals surface area contributed by atoms with E-state index in [0.717, 1.165) is 30.6 Å². The predicted octanol–water partition coefficient (Wildman–Crippen LogP) is 2.25. The van der Waals surface area contributed by atoms with Crippen LogP contribution < -0.4 is 4.74 Å². The number of hydrogen-bond acceptors (Lipinski definition) is 5. The summed E-state index contributed by atoms with van der Waals surface area (Å²) in [7, 11) is -3.81. The molecule has 1 aromatic heterocycles. The van der Waals surface area contributed by atoms with Crippen LogP contribution in [-0.4, -0.2) is 41.9 Å². The number of sulfonamides is 1. The maximum atomic E-state index is 13.2. The van der Waals surface area contributed by atoms with E-state index >= 15 is 0 Å². The fourth-order valence-corrected chi connectivity index (χ4v) is 4.07. The summed E-state index contributed by atoms with van der Waals surface area (Å²) in [6.45, 7) is 0.307. The van der Waals surface area contributed by atoms with Gasteiger partial charge in [0.15, 0.2) is 5.82 Å². The molecule has 3 rings (SSSR count). The molecule has 1 saturated heterocycles. The normalized spacial score (nSPS) is 18.7. The second-order valence-electron chi connectivity index (χ2n) is 5.15. The first-order valence-corrected chi connectivity index (χ1v) is 8.77. The minimum atomic E-state index is -3.81. The lowest BCUT2D eigenvalue weighted by Crippen LogP contribution is -2.31. The van der Waals surface area contributed by atoms with Gasteiger partial charge >= 0.3 is 6.01 Å². The third kappa shape index (κ3) is 3.47. The van der Waals surface area contributed by atoms with E-state index in [1.807, 2.05) is 0 Å². The molecule has 1 atom stereocenters. The van der Waals surface area contributed by atoms with Gasteiger partial charge in [-0.15, -0.1) is 0 Å². The van der Waals surface area contributed by atoms with E-state index in [4.69, 9.17) is 16.3 Å². The van der Waals surface area contributed by atoms with Crippen LogP contribution in [0.15, 0.2) is 35.5 Å². The molecule has 0 aliphatic carbocycles. The van der Waals surface area contributed by atoms with E-state index in [2.05, 4.69) is 9.97 Å². The summed E-state index contributed by atoms with van der Waals surface area (Å²) in [5.41, 5.74) is 0. The lowest BCUT2D eigenvalue weighted by molar-refractivity contribution is 0.197. The summed E-state index contributed by atoms with van der Waals surface area (Å²) in [5, 5.41) is -0.261. The molecule has 0 bridgehead atoms. The van der Waals surface area contributed by atoms with Gasteiger partial charge in [0.25, 0.3) is 0 Å². The highest BCUT2D eigenvalue weighted by Gasteiger charge is 2.34. The van der Waals surface area contributed by atoms with E-state index in [0.29, 0.717) is 6.42 Å². The van der Waals surface area contributed by atoms with E-state index in [9.17, 15) is 17.2 Å². The molecule has 2 aromatic rings. The highest BCUT2D eigenvalue weighted by Crippen LogP contribution is 2.26. The van der Waals surface area contributed by atoms with E-state index < -0.39 is 27.8 Å². The van der Waals surface area contributed by atoms with Crippen molar-refractivity contribution < 1.29 is 21.9 Å². The third-order valence-corrected chi connectivity index (χ3v) is 5.66. The summed E-state index contributed by atoms with van der Waals surface area (Å²) in [6, 6.07) is 3.22. The molecule has 0 amide bonds. The molecule has 1 aliphatic rings. The van der Waals surface area contributed by atoms with Gasteiger partial charge in [-0.25, -0.2) is 27.2 Å². The minimum Gasteiger partial charge on any atom is -0.459 e. The molecule has 10 heteroatoms. The Kier molecular flexibility index (Phi) is 4.66. The van der Waals surface area contributed by atoms with Gasteiger partial charge in [-0.3, -0.25) is 0 Å². The number of nitrogens with zero attached hydrogens (tertiary/aromatic N) is 3. The number of hydrogen-bond donors (Lipinski definition) is 0. The van der Waals surface area contributed by atoms with Gasteiger partial charge < -0.3 is 4.74 Å². The highest BCUT2D eigenvalue weighted by atomic mass is 35.5. The van der Waals surface area contributed by atoms with Crippen LogP contribution in [0.25, 0.3) is 0 Å². The average molecular weight is 376 g/mol. The van der Waals surface area contributed by atoms with Gasteiger partial charge in [-0.05, 0) is 24.6 Å². The first kappa shape index (κ1) is 17.0. The first-order valence-electron chi connectivity index (χ1n) is 6.95. The van der Waals surface area contributed by atoms with Crippen molar-refractivity contribution in [2.24, 2.45) is 0 Å². The highest BCUT2D eigenvalue weighted by molar-refractivity contribution is 7.89. The molecule has 0 spiro atoms. The smallest absolute Gasteiger partial charge is 0.316 e. The molecular weight excluding hydrogens is 364 g/mol. The third-order valence-electron chi connectivity index (χ3n) is 3.51. The Hall–Kier alpha value is -1.84. The van der Waals surface area contributed by atoms with Crippen LogP contribution in [0, 0.1) is 11.6 Å². The van der Waals surface area contributed by atoms with Crippen LogP contribution in [-0.2, 0) is 10.0 Å². The Bertz CT molecular complexity index is 849. The fraction of sp³-hybridized carbons (Fsp3) is 0.286. The summed E-state index contributed by atoms with van der Waals surface area (Å²) >= 11 is 5.65. The maximum absolute atomic E-state index is 13.2. The largest absolute Gasteiger partial charge is 0.459 e. The van der Waals surface area contributed by atoms with Gasteiger partial charge in [-0.1, -0.05) is 11.6 Å². The monoisotopic (exact) mass is 375 g/mol. The second-order valence-corrected chi connectivity index (χ2v) is 7.50. The number of ether oxygens (including phenoxy) is 1. The van der Waals surface area contributed by atoms with Crippen LogP contribution in [0.3, 0.4) is 0 Å². The first-order chi connectivity index (χ1) is 11.4. The lowest BCUT2D eigenvalue weighted by Gasteiger charge is -2.17. The molecule has 24 heavy (non-hydrogen) atoms. The summed E-state index contributed by atoms with van der Waals surface area (Å²) in [5.74, 6) is -1.28. The van der Waals surface area contributed by atoms with Crippen molar-refractivity contribution in [1.82, 2.24) is 14.3 Å². The Labute approximate surface area is 142 Å². The number of halogens is 3. The van der Waals surface area contributed by atoms with Gasteiger partial charge in [0.2, 0.25) is 10.0 Å². The van der Waals surface area contributed by atoms with E-state index in [1.54, 1.807) is 0 Å². The molecule has 128 valence electrons. The Morgan fingerprint density at radius 3 is 2.62 bits per heavy atom. The van der Waals surface area contributed by atoms with Crippen molar-refractivity contribution in [3.63, 3.8) is 0 Å². The molecular formula is C14H12ClF2N3O3S. The molecule has 0 saturated carbocycles. The van der Waals surface area contributed by atoms with Crippen molar-refractivity contribution >= 4 is 21.6 Å². The van der Waals surface area contributed by atoms with Crippen LogP contribution in [0.2, 0.25) is 5.02 Å². The van der Waals surface area contributed by atoms with Crippen molar-refractivity contribution in [1.29, 1.82) is 0 Å². The van der Waals surface area contributed by atoms with Gasteiger partial charge in [0.05, 0.1) is 28.9 Å². The zero-order chi connectivity index (χ0) is 17.3. The Morgan fingerprint density at radius 2 is 1.96 bits per heavy atom. The zero-order valence-corrected chi connectivity index (χ0v) is 13.8. The molecule has 1 aliphatic heterocycles. The molecule has 2 heterocycles. The quantitative estimate of drug-likeness (QED) is 0.819. The Balaban J connectivity index is 1.72. The van der Waals surface area contributed by atoms with Crippen molar-refractivity contribution in [2.75, 3.05) is 13.1 Å². The van der Waals surface area contributed by atoms with Crippen LogP contribution in [0.5, 0.6) is 6.01 Å². The maximum Gasteiger partial charge on any atom is 0.316 e. The second kappa shape index (κ2) is 6.58. The predicted molar refractivity (Wildman–Crippen MR) is 81.2 cm³/mol. The van der Waals surface area contributed by atoms with Crippen LogP contribution >= 0.6 is 11.6 Å². The van der Waals surface area contributed by atoms with Gasteiger partial charge in [0.1, 0.15) is 11.9 Å². The van der Waals surface area contributed by atoms with Crippen molar-refractivity contribution in [2.45, 2.75) is 17.4 Å². The van der Waals surface area contributed by atoms with E-state index in [-0.39, 0.29) is 29.0 Å². The summed E-state index contributed by atoms with van der Waals surface area (Å²) in [6.07, 6.45) is 1.90. The number of aromatic nitrogens is 2. The molecule has 0 radical (unpaired) electrons. The number of benzene rings is 1. The molecule has 1 aromatic carbocycles. The number of rotatable bonds is 4. The average Bonchev–Trinajstić information content (AvgIpc) is 3.01. The molecule has 0 N–H and O–H groups in total. The summed E-state index contributed by atoms with van der Waals surface area (Å²) in [4.78, 5) is 7.26. The zero-order valence-electron chi connectivity index (χ0n) is 12.2. The SMILES string of the molecule is O=S(=O)(c1ccc(F)c(Cl)c1)N1CC[C@@H](Oc2ncc(F)cn2)C1. The topological polar surface area (TPSA) is 72.4 Å². The lowest BCUT2D eigenvalue weighted by atomic mass is 10.3. The van der Waals surface area contributed by atoms with Crippen molar-refractivity contribution in [3.8, 4) is 6.01 Å². The van der Waals surface area contributed by atoms with Crippen molar-refractivity contribution in [3.05, 3.63) is 47.2 Å². The molecule has 0 unspecified atom stereocenters. The minimum absolute atomic E-state index is 0.0227. The fourth-order valence-electron chi connectivity index (χ4n) is 2.31. The van der Waals surface area contributed by atoms with Gasteiger partial charge in [-0.2, -0.15) is 4.31 Å². The molecule has 6 nitrogen and oxygen atoms in total. The summed E-state index contributed by atoms with van der Waals surface area (Å²) < 4.78 is 57.7. The molecule has 1 fully saturated rings.